The number of nitrogens with zero attached hydrogens (tertiary/aromatic N) is 1. The Labute approximate surface area is 134 Å². The average Bonchev–Trinajstić information content (AvgIpc) is 2.79. The second-order valence-corrected chi connectivity index (χ2v) is 6.89. The van der Waals surface area contributed by atoms with E-state index in [1.54, 1.807) is 16.7 Å². The zero-order valence-electron chi connectivity index (χ0n) is 11.8. The molecule has 1 unspecified atom stereocenters. The molecule has 1 aliphatic heterocycles. The van der Waals surface area contributed by atoms with Crippen molar-refractivity contribution in [2.24, 2.45) is 0 Å². The van der Waals surface area contributed by atoms with E-state index < -0.39 is 22.9 Å². The molecule has 1 heterocycles. The first-order chi connectivity index (χ1) is 10.3. The summed E-state index contributed by atoms with van der Waals surface area (Å²) in [4.78, 5) is 13.5. The quantitative estimate of drug-likeness (QED) is 0.585. The van der Waals surface area contributed by atoms with Gasteiger partial charge in [-0.05, 0) is 36.1 Å². The van der Waals surface area contributed by atoms with Crippen LogP contribution < -0.4 is 0 Å². The fourth-order valence-corrected chi connectivity index (χ4v) is 3.89. The molecule has 0 saturated carbocycles. The van der Waals surface area contributed by atoms with E-state index in [1.807, 2.05) is 6.26 Å². The second-order valence-electron chi connectivity index (χ2n) is 4.83. The normalized spacial score (nSPS) is 19.0. The van der Waals surface area contributed by atoms with Crippen LogP contribution in [0, 0.1) is 5.82 Å². The minimum Gasteiger partial charge on any atom is -0.326 e. The fourth-order valence-electron chi connectivity index (χ4n) is 2.27. The average molecular weight is 353 g/mol. The van der Waals surface area contributed by atoms with Crippen molar-refractivity contribution in [3.05, 3.63) is 35.1 Å². The molecule has 1 aliphatic rings. The van der Waals surface area contributed by atoms with E-state index in [-0.39, 0.29) is 11.7 Å². The van der Waals surface area contributed by atoms with E-state index in [0.29, 0.717) is 12.1 Å². The molecular formula is C14H15F4NOS2. The lowest BCUT2D eigenvalue weighted by Gasteiger charge is -2.24. The van der Waals surface area contributed by atoms with Crippen molar-refractivity contribution in [3.63, 3.8) is 0 Å². The molecule has 2 rings (SSSR count). The summed E-state index contributed by atoms with van der Waals surface area (Å²) >= 11 is 2.97. The van der Waals surface area contributed by atoms with E-state index in [0.717, 1.165) is 24.3 Å². The number of carbonyl (C=O) groups excluding carboxylic acids is 1. The molecule has 1 amide bonds. The van der Waals surface area contributed by atoms with Crippen molar-refractivity contribution >= 4 is 29.4 Å². The molecule has 0 bridgehead atoms. The number of thioether (sulfide) groups is 2. The van der Waals surface area contributed by atoms with Crippen molar-refractivity contribution < 1.29 is 22.4 Å². The summed E-state index contributed by atoms with van der Waals surface area (Å²) in [5.41, 5.74) is -0.884. The van der Waals surface area contributed by atoms with E-state index in [9.17, 15) is 22.4 Å². The Balaban J connectivity index is 2.19. The highest BCUT2D eigenvalue weighted by atomic mass is 32.2. The summed E-state index contributed by atoms with van der Waals surface area (Å²) in [7, 11) is 0. The number of halogens is 4. The van der Waals surface area contributed by atoms with Crippen LogP contribution in [0.3, 0.4) is 0 Å². The number of carbonyl (C=O) groups is 1. The molecular weight excluding hydrogens is 338 g/mol. The van der Waals surface area contributed by atoms with Crippen LogP contribution in [0.5, 0.6) is 0 Å². The zero-order chi connectivity index (χ0) is 16.3. The Hall–Kier alpha value is -0.890. The first-order valence-electron chi connectivity index (χ1n) is 6.61. The van der Waals surface area contributed by atoms with Gasteiger partial charge in [0.15, 0.2) is 0 Å². The van der Waals surface area contributed by atoms with E-state index in [2.05, 4.69) is 0 Å². The monoisotopic (exact) mass is 353 g/mol. The van der Waals surface area contributed by atoms with E-state index in [1.165, 1.54) is 17.8 Å². The van der Waals surface area contributed by atoms with Crippen molar-refractivity contribution in [1.82, 2.24) is 4.90 Å². The standard InChI is InChI=1S/C14H15F4NOS2/c1-21-6-2-5-19-12(20)8-22-13(19)9-3-4-10(11(15)7-9)14(16,17)18/h3-4,7,13H,2,5-6,8H2,1H3. The summed E-state index contributed by atoms with van der Waals surface area (Å²) in [5.74, 6) is -0.194. The van der Waals surface area contributed by atoms with Gasteiger partial charge in [0.1, 0.15) is 11.2 Å². The third-order valence-corrected chi connectivity index (χ3v) is 5.25. The van der Waals surface area contributed by atoms with Crippen molar-refractivity contribution in [2.45, 2.75) is 18.0 Å². The lowest BCUT2D eigenvalue weighted by Crippen LogP contribution is -2.29. The molecule has 122 valence electrons. The Kier molecular flexibility index (Phi) is 5.65. The molecule has 1 fully saturated rings. The highest BCUT2D eigenvalue weighted by Crippen LogP contribution is 2.40. The van der Waals surface area contributed by atoms with Crippen molar-refractivity contribution in [2.75, 3.05) is 24.3 Å². The summed E-state index contributed by atoms with van der Waals surface area (Å²) in [6, 6.07) is 2.89. The number of benzene rings is 1. The van der Waals surface area contributed by atoms with Crippen LogP contribution in [-0.4, -0.2) is 35.1 Å². The SMILES string of the molecule is CSCCCN1C(=O)CSC1c1ccc(C(F)(F)F)c(F)c1. The maximum absolute atomic E-state index is 13.7. The van der Waals surface area contributed by atoms with Crippen LogP contribution in [0.1, 0.15) is 22.9 Å². The van der Waals surface area contributed by atoms with Crippen LogP contribution in [0.2, 0.25) is 0 Å². The molecule has 2 nitrogen and oxygen atoms in total. The first kappa shape index (κ1) is 17.5. The highest BCUT2D eigenvalue weighted by Gasteiger charge is 2.36. The van der Waals surface area contributed by atoms with Gasteiger partial charge in [-0.2, -0.15) is 24.9 Å². The molecule has 22 heavy (non-hydrogen) atoms. The van der Waals surface area contributed by atoms with Crippen molar-refractivity contribution in [3.8, 4) is 0 Å². The maximum Gasteiger partial charge on any atom is 0.419 e. The molecule has 8 heteroatoms. The Morgan fingerprint density at radius 3 is 2.73 bits per heavy atom. The summed E-state index contributed by atoms with van der Waals surface area (Å²) < 4.78 is 51.5. The second kappa shape index (κ2) is 7.12. The maximum atomic E-state index is 13.7. The smallest absolute Gasteiger partial charge is 0.326 e. The van der Waals surface area contributed by atoms with Gasteiger partial charge in [0.2, 0.25) is 5.91 Å². The number of hydrogen-bond acceptors (Lipinski definition) is 3. The van der Waals surface area contributed by atoms with E-state index >= 15 is 0 Å². The minimum atomic E-state index is -4.71. The Morgan fingerprint density at radius 1 is 1.41 bits per heavy atom. The van der Waals surface area contributed by atoms with Gasteiger partial charge in [0.05, 0.1) is 11.3 Å². The molecule has 1 atom stereocenters. The zero-order valence-corrected chi connectivity index (χ0v) is 13.5. The molecule has 1 aromatic carbocycles. The van der Waals surface area contributed by atoms with Gasteiger partial charge in [0.25, 0.3) is 0 Å². The summed E-state index contributed by atoms with van der Waals surface area (Å²) in [6.07, 6.45) is -1.95. The van der Waals surface area contributed by atoms with Crippen LogP contribution in [0.4, 0.5) is 17.6 Å². The molecule has 0 aromatic heterocycles. The lowest BCUT2D eigenvalue weighted by atomic mass is 10.1. The number of alkyl halides is 3. The van der Waals surface area contributed by atoms with Crippen molar-refractivity contribution in [1.29, 1.82) is 0 Å². The molecule has 0 aliphatic carbocycles. The highest BCUT2D eigenvalue weighted by molar-refractivity contribution is 8.00. The Morgan fingerprint density at radius 2 is 2.14 bits per heavy atom. The Bertz CT molecular complexity index is 550. The number of rotatable bonds is 5. The molecule has 0 N–H and O–H groups in total. The van der Waals surface area contributed by atoms with Crippen LogP contribution in [-0.2, 0) is 11.0 Å². The molecule has 1 aromatic rings. The predicted octanol–water partition coefficient (Wildman–Crippen LogP) is 4.17. The van der Waals surface area contributed by atoms with Crippen LogP contribution in [0.15, 0.2) is 18.2 Å². The van der Waals surface area contributed by atoms with Gasteiger partial charge in [-0.1, -0.05) is 6.07 Å². The molecule has 0 radical (unpaired) electrons. The van der Waals surface area contributed by atoms with Gasteiger partial charge in [-0.15, -0.1) is 11.8 Å². The van der Waals surface area contributed by atoms with Gasteiger partial charge in [-0.25, -0.2) is 4.39 Å². The van der Waals surface area contributed by atoms with Gasteiger partial charge >= 0.3 is 6.18 Å². The number of amides is 1. The number of hydrogen-bond donors (Lipinski definition) is 0. The third kappa shape index (κ3) is 3.90. The topological polar surface area (TPSA) is 20.3 Å². The first-order valence-corrected chi connectivity index (χ1v) is 9.05. The summed E-state index contributed by atoms with van der Waals surface area (Å²) in [5, 5.41) is -0.411. The van der Waals surface area contributed by atoms with Crippen LogP contribution >= 0.6 is 23.5 Å². The van der Waals surface area contributed by atoms with E-state index in [4.69, 9.17) is 0 Å². The summed E-state index contributed by atoms with van der Waals surface area (Å²) in [6.45, 7) is 0.528. The third-order valence-electron chi connectivity index (χ3n) is 3.30. The fraction of sp³-hybridized carbons (Fsp3) is 0.500. The van der Waals surface area contributed by atoms with Gasteiger partial charge < -0.3 is 4.90 Å². The molecule has 0 spiro atoms. The minimum absolute atomic E-state index is 0.0589. The lowest BCUT2D eigenvalue weighted by molar-refractivity contribution is -0.140. The largest absolute Gasteiger partial charge is 0.419 e. The van der Waals surface area contributed by atoms with Gasteiger partial charge in [-0.3, -0.25) is 4.79 Å². The van der Waals surface area contributed by atoms with Gasteiger partial charge in [0, 0.05) is 6.54 Å². The van der Waals surface area contributed by atoms with Crippen LogP contribution in [0.25, 0.3) is 0 Å². The molecule has 1 saturated heterocycles. The predicted molar refractivity (Wildman–Crippen MR) is 81.3 cm³/mol.